The van der Waals surface area contributed by atoms with Crippen molar-refractivity contribution in [2.45, 2.75) is 6.42 Å². The Kier molecular flexibility index (Phi) is 5.82. The van der Waals surface area contributed by atoms with Crippen molar-refractivity contribution in [1.82, 2.24) is 9.80 Å². The third-order valence-corrected chi connectivity index (χ3v) is 2.94. The van der Waals surface area contributed by atoms with E-state index >= 15 is 0 Å². The highest BCUT2D eigenvalue weighted by atomic mass is 16.4. The van der Waals surface area contributed by atoms with Crippen molar-refractivity contribution in [2.75, 3.05) is 40.8 Å². The second-order valence-electron chi connectivity index (χ2n) is 4.82. The van der Waals surface area contributed by atoms with Crippen LogP contribution < -0.4 is 0 Å². The molecule has 0 aliphatic carbocycles. The fourth-order valence-electron chi connectivity index (χ4n) is 1.74. The number of benzene rings is 1. The van der Waals surface area contributed by atoms with Gasteiger partial charge in [0.15, 0.2) is 0 Å². The van der Waals surface area contributed by atoms with Gasteiger partial charge in [-0.1, -0.05) is 18.2 Å². The molecule has 0 unspecified atom stereocenters. The Bertz CT molecular complexity index is 391. The van der Waals surface area contributed by atoms with Gasteiger partial charge in [-0.3, -0.25) is 0 Å². The van der Waals surface area contributed by atoms with Crippen LogP contribution in [0.3, 0.4) is 0 Å². The van der Waals surface area contributed by atoms with Crippen LogP contribution in [0.5, 0.6) is 0 Å². The lowest BCUT2D eigenvalue weighted by atomic mass is 10.0. The van der Waals surface area contributed by atoms with Crippen molar-refractivity contribution in [3.05, 3.63) is 35.4 Å². The monoisotopic (exact) mass is 250 g/mol. The van der Waals surface area contributed by atoms with Crippen LogP contribution in [0.25, 0.3) is 0 Å². The summed E-state index contributed by atoms with van der Waals surface area (Å²) < 4.78 is 0. The van der Waals surface area contributed by atoms with Crippen LogP contribution in [0.1, 0.15) is 15.9 Å². The predicted octanol–water partition coefficient (Wildman–Crippen LogP) is 1.42. The summed E-state index contributed by atoms with van der Waals surface area (Å²) in [7, 11) is 6.16. The van der Waals surface area contributed by atoms with Crippen molar-refractivity contribution in [3.8, 4) is 0 Å². The van der Waals surface area contributed by atoms with Gasteiger partial charge in [-0.15, -0.1) is 0 Å². The van der Waals surface area contributed by atoms with E-state index in [1.165, 1.54) is 0 Å². The Labute approximate surface area is 109 Å². The molecular weight excluding hydrogens is 228 g/mol. The number of nitrogens with zero attached hydrogens (tertiary/aromatic N) is 2. The number of hydrogen-bond acceptors (Lipinski definition) is 3. The average Bonchev–Trinajstić information content (AvgIpc) is 2.34. The molecule has 0 spiro atoms. The van der Waals surface area contributed by atoms with Crippen LogP contribution in [0.4, 0.5) is 0 Å². The van der Waals surface area contributed by atoms with Crippen LogP contribution in [0.2, 0.25) is 0 Å². The smallest absolute Gasteiger partial charge is 0.335 e. The third-order valence-electron chi connectivity index (χ3n) is 2.94. The van der Waals surface area contributed by atoms with E-state index < -0.39 is 5.97 Å². The molecule has 0 amide bonds. The van der Waals surface area contributed by atoms with Crippen molar-refractivity contribution >= 4 is 5.97 Å². The van der Waals surface area contributed by atoms with Gasteiger partial charge in [-0.05, 0) is 39.2 Å². The fraction of sp³-hybridized carbons (Fsp3) is 0.500. The zero-order valence-corrected chi connectivity index (χ0v) is 11.4. The minimum Gasteiger partial charge on any atom is -0.478 e. The highest BCUT2D eigenvalue weighted by Crippen LogP contribution is 2.09. The Morgan fingerprint density at radius 1 is 1.11 bits per heavy atom. The first kappa shape index (κ1) is 14.7. The lowest BCUT2D eigenvalue weighted by Crippen LogP contribution is -2.30. The van der Waals surface area contributed by atoms with Gasteiger partial charge in [0.05, 0.1) is 5.56 Å². The summed E-state index contributed by atoms with van der Waals surface area (Å²) in [5, 5.41) is 9.09. The first-order chi connectivity index (χ1) is 8.50. The molecule has 0 atom stereocenters. The molecule has 0 radical (unpaired) electrons. The first-order valence-electron chi connectivity index (χ1n) is 6.15. The highest BCUT2D eigenvalue weighted by Gasteiger charge is 2.09. The van der Waals surface area contributed by atoms with E-state index in [4.69, 9.17) is 5.11 Å². The number of likely N-dealkylation sites (N-methyl/N-ethyl adjacent to an activating group) is 2. The van der Waals surface area contributed by atoms with E-state index in [0.717, 1.165) is 31.6 Å². The first-order valence-corrected chi connectivity index (χ1v) is 6.15. The van der Waals surface area contributed by atoms with Crippen molar-refractivity contribution in [2.24, 2.45) is 0 Å². The van der Waals surface area contributed by atoms with Gasteiger partial charge in [0.25, 0.3) is 0 Å². The Hall–Kier alpha value is -1.39. The number of aromatic carboxylic acids is 1. The SMILES string of the molecule is CN(C)CCN(C)CCc1ccccc1C(=O)O. The molecule has 0 heterocycles. The molecule has 0 aliphatic heterocycles. The molecule has 100 valence electrons. The van der Waals surface area contributed by atoms with Gasteiger partial charge in [0.1, 0.15) is 0 Å². The van der Waals surface area contributed by atoms with Crippen LogP contribution in [-0.4, -0.2) is 61.7 Å². The lowest BCUT2D eigenvalue weighted by Gasteiger charge is -2.19. The van der Waals surface area contributed by atoms with Crippen molar-refractivity contribution in [3.63, 3.8) is 0 Å². The summed E-state index contributed by atoms with van der Waals surface area (Å²) in [6.07, 6.45) is 0.770. The molecule has 4 heteroatoms. The van der Waals surface area contributed by atoms with Crippen LogP contribution in [0.15, 0.2) is 24.3 Å². The normalized spacial score (nSPS) is 11.2. The minimum absolute atomic E-state index is 0.415. The van der Waals surface area contributed by atoms with Gasteiger partial charge >= 0.3 is 5.97 Å². The fourth-order valence-corrected chi connectivity index (χ4v) is 1.74. The Morgan fingerprint density at radius 2 is 1.78 bits per heavy atom. The molecule has 0 fully saturated rings. The largest absolute Gasteiger partial charge is 0.478 e. The highest BCUT2D eigenvalue weighted by molar-refractivity contribution is 5.89. The van der Waals surface area contributed by atoms with Gasteiger partial charge in [0.2, 0.25) is 0 Å². The molecule has 4 nitrogen and oxygen atoms in total. The minimum atomic E-state index is -0.846. The maximum atomic E-state index is 11.1. The quantitative estimate of drug-likeness (QED) is 0.795. The van der Waals surface area contributed by atoms with Crippen molar-refractivity contribution in [1.29, 1.82) is 0 Å². The molecule has 0 aliphatic rings. The number of carboxylic acid groups (broad SMARTS) is 1. The van der Waals surface area contributed by atoms with Gasteiger partial charge in [-0.25, -0.2) is 4.79 Å². The van der Waals surface area contributed by atoms with Gasteiger partial charge in [-0.2, -0.15) is 0 Å². The van der Waals surface area contributed by atoms with Crippen LogP contribution >= 0.6 is 0 Å². The van der Waals surface area contributed by atoms with Crippen LogP contribution in [-0.2, 0) is 6.42 Å². The maximum absolute atomic E-state index is 11.1. The van der Waals surface area contributed by atoms with E-state index in [0.29, 0.717) is 5.56 Å². The summed E-state index contributed by atoms with van der Waals surface area (Å²) in [5.41, 5.74) is 1.32. The third kappa shape index (κ3) is 4.85. The number of hydrogen-bond donors (Lipinski definition) is 1. The Morgan fingerprint density at radius 3 is 2.39 bits per heavy atom. The second-order valence-corrected chi connectivity index (χ2v) is 4.82. The van der Waals surface area contributed by atoms with E-state index in [-0.39, 0.29) is 0 Å². The number of carboxylic acids is 1. The zero-order chi connectivity index (χ0) is 13.5. The average molecular weight is 250 g/mol. The lowest BCUT2D eigenvalue weighted by molar-refractivity contribution is 0.0695. The second kappa shape index (κ2) is 7.13. The van der Waals surface area contributed by atoms with E-state index in [1.807, 2.05) is 26.2 Å². The topological polar surface area (TPSA) is 43.8 Å². The summed E-state index contributed by atoms with van der Waals surface area (Å²) >= 11 is 0. The Balaban J connectivity index is 2.50. The summed E-state index contributed by atoms with van der Waals surface area (Å²) in [4.78, 5) is 15.4. The predicted molar refractivity (Wildman–Crippen MR) is 73.2 cm³/mol. The number of rotatable bonds is 7. The molecule has 0 saturated carbocycles. The summed E-state index contributed by atoms with van der Waals surface area (Å²) in [6.45, 7) is 2.87. The summed E-state index contributed by atoms with van der Waals surface area (Å²) in [5.74, 6) is -0.846. The molecule has 1 aromatic rings. The van der Waals surface area contributed by atoms with Crippen LogP contribution in [0, 0.1) is 0 Å². The molecule has 0 aromatic heterocycles. The number of carbonyl (C=O) groups is 1. The zero-order valence-electron chi connectivity index (χ0n) is 11.4. The van der Waals surface area contributed by atoms with E-state index in [2.05, 4.69) is 16.8 Å². The molecular formula is C14H22N2O2. The summed E-state index contributed by atoms with van der Waals surface area (Å²) in [6, 6.07) is 7.21. The van der Waals surface area contributed by atoms with Gasteiger partial charge in [0, 0.05) is 19.6 Å². The molecule has 18 heavy (non-hydrogen) atoms. The molecule has 0 bridgehead atoms. The molecule has 0 saturated heterocycles. The molecule has 1 aromatic carbocycles. The maximum Gasteiger partial charge on any atom is 0.335 e. The van der Waals surface area contributed by atoms with Gasteiger partial charge < -0.3 is 14.9 Å². The van der Waals surface area contributed by atoms with E-state index in [1.54, 1.807) is 12.1 Å². The molecule has 1 rings (SSSR count). The van der Waals surface area contributed by atoms with Crippen molar-refractivity contribution < 1.29 is 9.90 Å². The van der Waals surface area contributed by atoms with E-state index in [9.17, 15) is 4.79 Å². The standard InChI is InChI=1S/C14H22N2O2/c1-15(2)10-11-16(3)9-8-12-6-4-5-7-13(12)14(17)18/h4-7H,8-11H2,1-3H3,(H,17,18). The molecule has 1 N–H and O–H groups in total.